The number of sulfonamides is 1. The number of imide groups is 1. The van der Waals surface area contributed by atoms with Gasteiger partial charge in [-0.05, 0) is 51.3 Å². The number of nitrogens with two attached hydrogens (primary N) is 1. The van der Waals surface area contributed by atoms with Crippen molar-refractivity contribution in [1.29, 1.82) is 0 Å². The van der Waals surface area contributed by atoms with Crippen LogP contribution < -0.4 is 21.1 Å². The van der Waals surface area contributed by atoms with E-state index in [1.54, 1.807) is 0 Å². The average molecular weight is 471 g/mol. The third kappa shape index (κ3) is 7.46. The van der Waals surface area contributed by atoms with E-state index in [9.17, 15) is 22.8 Å². The molecule has 4 N–H and O–H groups in total. The van der Waals surface area contributed by atoms with Gasteiger partial charge in [-0.2, -0.15) is 4.31 Å². The molecule has 4 amide bonds. The Kier molecular flexibility index (Phi) is 9.42. The van der Waals surface area contributed by atoms with Gasteiger partial charge in [-0.15, -0.1) is 0 Å². The van der Waals surface area contributed by atoms with Gasteiger partial charge >= 0.3 is 6.03 Å². The fourth-order valence-electron chi connectivity index (χ4n) is 3.01. The minimum atomic E-state index is -3.75. The molecule has 2 rings (SSSR count). The van der Waals surface area contributed by atoms with Crippen LogP contribution in [0.4, 0.5) is 4.79 Å². The molecule has 178 valence electrons. The smallest absolute Gasteiger partial charge is 0.321 e. The summed E-state index contributed by atoms with van der Waals surface area (Å²) in [6, 6.07) is 3.00. The molecule has 1 saturated heterocycles. The van der Waals surface area contributed by atoms with Gasteiger partial charge < -0.3 is 20.5 Å². The van der Waals surface area contributed by atoms with Crippen LogP contribution in [0.1, 0.15) is 43.5 Å². The second-order valence-corrected chi connectivity index (χ2v) is 9.44. The lowest BCUT2D eigenvalue weighted by molar-refractivity contribution is -0.122. The number of benzene rings is 1. The maximum atomic E-state index is 12.7. The van der Waals surface area contributed by atoms with E-state index in [0.717, 1.165) is 18.9 Å². The zero-order valence-electron chi connectivity index (χ0n) is 18.3. The van der Waals surface area contributed by atoms with Gasteiger partial charge in [0.1, 0.15) is 5.75 Å². The third-order valence-electron chi connectivity index (χ3n) is 4.59. The van der Waals surface area contributed by atoms with Crippen molar-refractivity contribution in [2.45, 2.75) is 44.1 Å². The molecule has 0 spiro atoms. The van der Waals surface area contributed by atoms with E-state index in [2.05, 4.69) is 10.6 Å². The minimum absolute atomic E-state index is 0.0562. The van der Waals surface area contributed by atoms with Gasteiger partial charge in [-0.1, -0.05) is 0 Å². The molecule has 0 aliphatic carbocycles. The summed E-state index contributed by atoms with van der Waals surface area (Å²) in [6.45, 7) is 4.88. The number of nitrogens with one attached hydrogen (secondary N) is 2. The molecule has 1 aliphatic heterocycles. The van der Waals surface area contributed by atoms with Crippen LogP contribution in [-0.2, 0) is 19.6 Å². The van der Waals surface area contributed by atoms with Gasteiger partial charge in [0.15, 0.2) is 6.61 Å². The van der Waals surface area contributed by atoms with Crippen LogP contribution in [0.5, 0.6) is 5.75 Å². The van der Waals surface area contributed by atoms with Gasteiger partial charge in [0.25, 0.3) is 11.8 Å². The molecule has 1 aliphatic rings. The summed E-state index contributed by atoms with van der Waals surface area (Å²) in [5.41, 5.74) is 5.19. The summed E-state index contributed by atoms with van der Waals surface area (Å²) in [6.07, 6.45) is 2.24. The standard InChI is InChI=1S/C20H30N4O7S/c1-14(2)30-11-5-8-22-20(27)23-18(25)13-31-17-7-6-15(12-16(17)19(21)26)32(28,29)24-9-3-4-10-24/h6-7,12,14H,3-5,8-11,13H2,1-2H3,(H2,21,26)(H2,22,23,25,27). The third-order valence-corrected chi connectivity index (χ3v) is 6.48. The molecule has 1 heterocycles. The molecule has 0 unspecified atom stereocenters. The molecule has 0 atom stereocenters. The number of ether oxygens (including phenoxy) is 2. The van der Waals surface area contributed by atoms with E-state index in [-0.39, 0.29) is 22.3 Å². The number of rotatable bonds is 11. The number of carbonyl (C=O) groups excluding carboxylic acids is 3. The van der Waals surface area contributed by atoms with Crippen molar-refractivity contribution in [1.82, 2.24) is 14.9 Å². The number of hydrogen-bond acceptors (Lipinski definition) is 7. The van der Waals surface area contributed by atoms with Crippen molar-refractivity contribution in [3.05, 3.63) is 23.8 Å². The van der Waals surface area contributed by atoms with Crippen LogP contribution in [0.3, 0.4) is 0 Å². The van der Waals surface area contributed by atoms with Crippen LogP contribution in [-0.4, -0.2) is 69.5 Å². The predicted molar refractivity (Wildman–Crippen MR) is 116 cm³/mol. The Morgan fingerprint density at radius 2 is 1.88 bits per heavy atom. The predicted octanol–water partition coefficient (Wildman–Crippen LogP) is 0.590. The van der Waals surface area contributed by atoms with Crippen LogP contribution in [0.25, 0.3) is 0 Å². The van der Waals surface area contributed by atoms with Crippen molar-refractivity contribution in [3.63, 3.8) is 0 Å². The molecule has 11 nitrogen and oxygen atoms in total. The highest BCUT2D eigenvalue weighted by Gasteiger charge is 2.28. The zero-order chi connectivity index (χ0) is 23.7. The van der Waals surface area contributed by atoms with Crippen molar-refractivity contribution < 1.29 is 32.3 Å². The number of carbonyl (C=O) groups is 3. The molecule has 0 bridgehead atoms. The summed E-state index contributed by atoms with van der Waals surface area (Å²) >= 11 is 0. The maximum absolute atomic E-state index is 12.7. The summed E-state index contributed by atoms with van der Waals surface area (Å²) in [5.74, 6) is -1.70. The molecule has 0 radical (unpaired) electrons. The lowest BCUT2D eigenvalue weighted by Crippen LogP contribution is -2.42. The summed E-state index contributed by atoms with van der Waals surface area (Å²) in [5, 5.41) is 4.61. The van der Waals surface area contributed by atoms with E-state index in [0.29, 0.717) is 32.7 Å². The number of primary amides is 1. The van der Waals surface area contributed by atoms with Gasteiger partial charge in [0.2, 0.25) is 10.0 Å². The highest BCUT2D eigenvalue weighted by molar-refractivity contribution is 7.89. The first-order valence-corrected chi connectivity index (χ1v) is 11.8. The molecular formula is C20H30N4O7S. The Labute approximate surface area is 187 Å². The van der Waals surface area contributed by atoms with E-state index in [1.807, 2.05) is 13.8 Å². The van der Waals surface area contributed by atoms with Crippen molar-refractivity contribution in [2.75, 3.05) is 32.8 Å². The Bertz CT molecular complexity index is 928. The summed E-state index contributed by atoms with van der Waals surface area (Å²) in [7, 11) is -3.75. The maximum Gasteiger partial charge on any atom is 0.321 e. The lowest BCUT2D eigenvalue weighted by atomic mass is 10.2. The van der Waals surface area contributed by atoms with E-state index < -0.39 is 34.5 Å². The Balaban J connectivity index is 1.91. The first kappa shape index (κ1) is 25.6. The van der Waals surface area contributed by atoms with Gasteiger partial charge in [-0.25, -0.2) is 13.2 Å². The normalized spacial score (nSPS) is 14.3. The minimum Gasteiger partial charge on any atom is -0.483 e. The molecular weight excluding hydrogens is 440 g/mol. The van der Waals surface area contributed by atoms with Crippen LogP contribution in [0.15, 0.2) is 23.1 Å². The zero-order valence-corrected chi connectivity index (χ0v) is 19.1. The van der Waals surface area contributed by atoms with Crippen molar-refractivity contribution in [3.8, 4) is 5.75 Å². The topological polar surface area (TPSA) is 157 Å². The van der Waals surface area contributed by atoms with Crippen LogP contribution >= 0.6 is 0 Å². The quantitative estimate of drug-likeness (QED) is 0.399. The first-order valence-electron chi connectivity index (χ1n) is 10.4. The fraction of sp³-hybridized carbons (Fsp3) is 0.550. The molecule has 0 aromatic heterocycles. The van der Waals surface area contributed by atoms with Gasteiger partial charge in [0.05, 0.1) is 16.6 Å². The fourth-order valence-corrected chi connectivity index (χ4v) is 4.55. The van der Waals surface area contributed by atoms with Crippen LogP contribution in [0.2, 0.25) is 0 Å². The second kappa shape index (κ2) is 11.8. The van der Waals surface area contributed by atoms with E-state index in [1.165, 1.54) is 16.4 Å². The molecule has 0 saturated carbocycles. The van der Waals surface area contributed by atoms with Crippen molar-refractivity contribution >= 4 is 27.9 Å². The first-order chi connectivity index (χ1) is 15.1. The summed E-state index contributed by atoms with van der Waals surface area (Å²) in [4.78, 5) is 35.4. The number of amides is 4. The highest BCUT2D eigenvalue weighted by Crippen LogP contribution is 2.26. The SMILES string of the molecule is CC(C)OCCCNC(=O)NC(=O)COc1ccc(S(=O)(=O)N2CCCC2)cc1C(N)=O. The molecule has 1 aromatic carbocycles. The van der Waals surface area contributed by atoms with E-state index in [4.69, 9.17) is 15.2 Å². The Morgan fingerprint density at radius 3 is 2.50 bits per heavy atom. The Hall–Kier alpha value is -2.70. The number of hydrogen-bond donors (Lipinski definition) is 3. The van der Waals surface area contributed by atoms with Gasteiger partial charge in [0, 0.05) is 26.2 Å². The molecule has 1 fully saturated rings. The molecule has 1 aromatic rings. The highest BCUT2D eigenvalue weighted by atomic mass is 32.2. The molecule has 12 heteroatoms. The van der Waals surface area contributed by atoms with Crippen LogP contribution in [0, 0.1) is 0 Å². The number of urea groups is 1. The monoisotopic (exact) mass is 470 g/mol. The Morgan fingerprint density at radius 1 is 1.19 bits per heavy atom. The van der Waals surface area contributed by atoms with E-state index >= 15 is 0 Å². The number of nitrogens with zero attached hydrogens (tertiary/aromatic N) is 1. The second-order valence-electron chi connectivity index (χ2n) is 7.50. The lowest BCUT2D eigenvalue weighted by Gasteiger charge is -2.17. The van der Waals surface area contributed by atoms with Gasteiger partial charge in [-0.3, -0.25) is 14.9 Å². The molecule has 32 heavy (non-hydrogen) atoms. The van der Waals surface area contributed by atoms with Crippen molar-refractivity contribution in [2.24, 2.45) is 5.73 Å². The largest absolute Gasteiger partial charge is 0.483 e. The summed E-state index contributed by atoms with van der Waals surface area (Å²) < 4.78 is 37.4. The average Bonchev–Trinajstić information content (AvgIpc) is 3.27.